The third kappa shape index (κ3) is 3.46. The molecule has 0 amide bonds. The maximum atomic E-state index is 12.4. The molecule has 0 aliphatic rings. The number of carbonyl (C=O) groups is 1. The maximum absolute atomic E-state index is 12.4. The Morgan fingerprint density at radius 2 is 1.87 bits per heavy atom. The number of rotatable bonds is 5. The second-order valence-electron chi connectivity index (χ2n) is 5.08. The summed E-state index contributed by atoms with van der Waals surface area (Å²) < 4.78 is 0. The molecule has 6 heteroatoms. The lowest BCUT2D eigenvalue weighted by Gasteiger charge is -2.05. The standard InChI is InChI=1S/C17H15ClN4O/c1-2-12-5-3-4-6-15(12)16(23)11-22-20-17(19-21-22)13-7-9-14(18)10-8-13/h3-10H,2,11H2,1H3. The number of aryl methyl sites for hydroxylation is 1. The molecule has 0 bridgehead atoms. The second-order valence-corrected chi connectivity index (χ2v) is 5.52. The molecule has 1 heterocycles. The first-order valence-corrected chi connectivity index (χ1v) is 7.70. The minimum atomic E-state index is -0.0255. The van der Waals surface area contributed by atoms with Crippen LogP contribution in [0, 0.1) is 0 Å². The summed E-state index contributed by atoms with van der Waals surface area (Å²) in [6.45, 7) is 2.09. The molecule has 0 aliphatic heterocycles. The first kappa shape index (κ1) is 15.4. The Labute approximate surface area is 138 Å². The molecule has 116 valence electrons. The van der Waals surface area contributed by atoms with Gasteiger partial charge in [0.25, 0.3) is 0 Å². The first-order chi connectivity index (χ1) is 11.2. The minimum Gasteiger partial charge on any atom is -0.292 e. The number of Topliss-reactive ketones (excluding diaryl/α,β-unsaturated/α-hetero) is 1. The van der Waals surface area contributed by atoms with Crippen LogP contribution in [0.2, 0.25) is 5.02 Å². The Morgan fingerprint density at radius 3 is 2.61 bits per heavy atom. The summed E-state index contributed by atoms with van der Waals surface area (Å²) in [6, 6.07) is 14.7. The van der Waals surface area contributed by atoms with Gasteiger partial charge in [0.2, 0.25) is 5.82 Å². The van der Waals surface area contributed by atoms with E-state index in [-0.39, 0.29) is 12.3 Å². The molecule has 3 rings (SSSR count). The molecule has 0 fully saturated rings. The lowest BCUT2D eigenvalue weighted by molar-refractivity contribution is 0.0960. The number of tetrazole rings is 1. The zero-order valence-electron chi connectivity index (χ0n) is 12.6. The highest BCUT2D eigenvalue weighted by Gasteiger charge is 2.13. The van der Waals surface area contributed by atoms with Gasteiger partial charge in [0.15, 0.2) is 5.78 Å². The van der Waals surface area contributed by atoms with Gasteiger partial charge in [-0.15, -0.1) is 10.2 Å². The van der Waals surface area contributed by atoms with Crippen LogP contribution in [-0.2, 0) is 13.0 Å². The smallest absolute Gasteiger partial charge is 0.204 e. The van der Waals surface area contributed by atoms with Gasteiger partial charge in [-0.1, -0.05) is 42.8 Å². The molecule has 0 spiro atoms. The van der Waals surface area contributed by atoms with Crippen LogP contribution in [0.5, 0.6) is 0 Å². The number of aromatic nitrogens is 4. The number of benzene rings is 2. The number of hydrogen-bond acceptors (Lipinski definition) is 4. The van der Waals surface area contributed by atoms with Crippen LogP contribution < -0.4 is 0 Å². The van der Waals surface area contributed by atoms with Crippen molar-refractivity contribution in [1.82, 2.24) is 20.2 Å². The van der Waals surface area contributed by atoms with Crippen molar-refractivity contribution in [3.8, 4) is 11.4 Å². The Balaban J connectivity index is 1.79. The fourth-order valence-corrected chi connectivity index (χ4v) is 2.46. The van der Waals surface area contributed by atoms with Gasteiger partial charge in [0, 0.05) is 16.1 Å². The summed E-state index contributed by atoms with van der Waals surface area (Å²) in [5.74, 6) is 0.445. The van der Waals surface area contributed by atoms with Crippen molar-refractivity contribution in [2.45, 2.75) is 19.9 Å². The SMILES string of the molecule is CCc1ccccc1C(=O)Cn1nnc(-c2ccc(Cl)cc2)n1. The van der Waals surface area contributed by atoms with Gasteiger partial charge < -0.3 is 0 Å². The number of ketones is 1. The third-order valence-corrected chi connectivity index (χ3v) is 3.79. The van der Waals surface area contributed by atoms with E-state index >= 15 is 0 Å². The van der Waals surface area contributed by atoms with E-state index in [4.69, 9.17) is 11.6 Å². The molecule has 0 saturated heterocycles. The van der Waals surface area contributed by atoms with Crippen LogP contribution in [0.25, 0.3) is 11.4 Å². The van der Waals surface area contributed by atoms with E-state index in [2.05, 4.69) is 15.4 Å². The van der Waals surface area contributed by atoms with Crippen molar-refractivity contribution < 1.29 is 4.79 Å². The number of nitrogens with zero attached hydrogens (tertiary/aromatic N) is 4. The van der Waals surface area contributed by atoms with Crippen LogP contribution in [0.4, 0.5) is 0 Å². The number of halogens is 1. The maximum Gasteiger partial charge on any atom is 0.204 e. The molecule has 2 aromatic carbocycles. The van der Waals surface area contributed by atoms with E-state index in [0.717, 1.165) is 17.5 Å². The topological polar surface area (TPSA) is 60.7 Å². The van der Waals surface area contributed by atoms with Crippen molar-refractivity contribution in [2.75, 3.05) is 0 Å². The molecule has 0 radical (unpaired) electrons. The largest absolute Gasteiger partial charge is 0.292 e. The van der Waals surface area contributed by atoms with Crippen molar-refractivity contribution in [3.63, 3.8) is 0 Å². The van der Waals surface area contributed by atoms with Gasteiger partial charge in [-0.25, -0.2) is 0 Å². The molecule has 0 N–H and O–H groups in total. The molecule has 1 aromatic heterocycles. The van der Waals surface area contributed by atoms with E-state index < -0.39 is 0 Å². The van der Waals surface area contributed by atoms with Crippen molar-refractivity contribution in [1.29, 1.82) is 0 Å². The number of hydrogen-bond donors (Lipinski definition) is 0. The molecular formula is C17H15ClN4O. The van der Waals surface area contributed by atoms with Crippen molar-refractivity contribution in [3.05, 3.63) is 64.7 Å². The highest BCUT2D eigenvalue weighted by molar-refractivity contribution is 6.30. The average Bonchev–Trinajstić information content (AvgIpc) is 3.04. The van der Waals surface area contributed by atoms with Crippen LogP contribution in [0.3, 0.4) is 0 Å². The predicted octanol–water partition coefficient (Wildman–Crippen LogP) is 3.44. The van der Waals surface area contributed by atoms with Crippen molar-refractivity contribution in [2.24, 2.45) is 0 Å². The van der Waals surface area contributed by atoms with Gasteiger partial charge in [-0.2, -0.15) is 4.80 Å². The van der Waals surface area contributed by atoms with Crippen LogP contribution in [0.1, 0.15) is 22.8 Å². The number of carbonyl (C=O) groups excluding carboxylic acids is 1. The Bertz CT molecular complexity index is 827. The van der Waals surface area contributed by atoms with Crippen LogP contribution in [-0.4, -0.2) is 26.0 Å². The molecule has 0 saturated carbocycles. The Hall–Kier alpha value is -2.53. The summed E-state index contributed by atoms with van der Waals surface area (Å²) >= 11 is 5.86. The van der Waals surface area contributed by atoms with Crippen LogP contribution in [0.15, 0.2) is 48.5 Å². The molecular weight excluding hydrogens is 312 g/mol. The van der Waals surface area contributed by atoms with Gasteiger partial charge in [-0.3, -0.25) is 4.79 Å². The molecule has 23 heavy (non-hydrogen) atoms. The van der Waals surface area contributed by atoms with Gasteiger partial charge in [0.05, 0.1) is 0 Å². The molecule has 0 aliphatic carbocycles. The second kappa shape index (κ2) is 6.71. The van der Waals surface area contributed by atoms with Gasteiger partial charge in [-0.05, 0) is 41.5 Å². The fourth-order valence-electron chi connectivity index (χ4n) is 2.34. The third-order valence-electron chi connectivity index (χ3n) is 3.54. The van der Waals surface area contributed by atoms with Crippen molar-refractivity contribution >= 4 is 17.4 Å². The fraction of sp³-hybridized carbons (Fsp3) is 0.176. The zero-order valence-corrected chi connectivity index (χ0v) is 13.4. The molecule has 3 aromatic rings. The normalized spacial score (nSPS) is 10.7. The predicted molar refractivity (Wildman–Crippen MR) is 88.4 cm³/mol. The lowest BCUT2D eigenvalue weighted by atomic mass is 10.0. The minimum absolute atomic E-state index is 0.0255. The first-order valence-electron chi connectivity index (χ1n) is 7.32. The van der Waals surface area contributed by atoms with E-state index in [1.54, 1.807) is 12.1 Å². The van der Waals surface area contributed by atoms with E-state index in [1.807, 2.05) is 43.3 Å². The monoisotopic (exact) mass is 326 g/mol. The zero-order chi connectivity index (χ0) is 16.2. The van der Waals surface area contributed by atoms with E-state index in [0.29, 0.717) is 16.4 Å². The van der Waals surface area contributed by atoms with E-state index in [1.165, 1.54) is 4.80 Å². The van der Waals surface area contributed by atoms with Gasteiger partial charge in [0.1, 0.15) is 6.54 Å². The summed E-state index contributed by atoms with van der Waals surface area (Å²) in [5.41, 5.74) is 2.54. The highest BCUT2D eigenvalue weighted by Crippen LogP contribution is 2.17. The molecule has 5 nitrogen and oxygen atoms in total. The summed E-state index contributed by atoms with van der Waals surface area (Å²) in [6.07, 6.45) is 0.808. The quantitative estimate of drug-likeness (QED) is 0.674. The summed E-state index contributed by atoms with van der Waals surface area (Å²) in [4.78, 5) is 13.8. The van der Waals surface area contributed by atoms with Gasteiger partial charge >= 0.3 is 0 Å². The summed E-state index contributed by atoms with van der Waals surface area (Å²) in [7, 11) is 0. The lowest BCUT2D eigenvalue weighted by Crippen LogP contribution is -2.14. The molecule has 0 atom stereocenters. The van der Waals surface area contributed by atoms with E-state index in [9.17, 15) is 4.79 Å². The van der Waals surface area contributed by atoms with Crippen LogP contribution >= 0.6 is 11.6 Å². The molecule has 0 unspecified atom stereocenters. The Morgan fingerprint density at radius 1 is 1.13 bits per heavy atom. The average molecular weight is 327 g/mol. The highest BCUT2D eigenvalue weighted by atomic mass is 35.5. The summed E-state index contributed by atoms with van der Waals surface area (Å²) in [5, 5.41) is 12.9. The Kier molecular flexibility index (Phi) is 4.48.